The van der Waals surface area contributed by atoms with Crippen molar-refractivity contribution in [3.8, 4) is 0 Å². The highest BCUT2D eigenvalue weighted by Crippen LogP contribution is 1.78. The van der Waals surface area contributed by atoms with E-state index in [1.165, 1.54) is 0 Å². The van der Waals surface area contributed by atoms with Gasteiger partial charge in [0.15, 0.2) is 0 Å². The Morgan fingerprint density at radius 3 is 2.55 bits per heavy atom. The Hall–Kier alpha value is -1.10. The standard InChI is InChI=1S/C6H14N4O/c1-5(4-10(2)3)8-9-6(7)11/h4H2,1-3H3,(H3,7,9,11)/b8-5+. The number of amides is 2. The van der Waals surface area contributed by atoms with Gasteiger partial charge in [-0.05, 0) is 21.0 Å². The molecule has 0 heterocycles. The minimum Gasteiger partial charge on any atom is -0.350 e. The summed E-state index contributed by atoms with van der Waals surface area (Å²) in [6.07, 6.45) is 0. The molecule has 0 unspecified atom stereocenters. The predicted octanol–water partition coefficient (Wildman–Crippen LogP) is -0.408. The van der Waals surface area contributed by atoms with Crippen molar-refractivity contribution < 1.29 is 4.79 Å². The Labute approximate surface area is 66.2 Å². The first-order chi connectivity index (χ1) is 5.02. The van der Waals surface area contributed by atoms with Crippen molar-refractivity contribution >= 4 is 11.7 Å². The monoisotopic (exact) mass is 158 g/mol. The summed E-state index contributed by atoms with van der Waals surface area (Å²) in [4.78, 5) is 12.1. The van der Waals surface area contributed by atoms with Crippen LogP contribution in [0.1, 0.15) is 6.92 Å². The molecular weight excluding hydrogens is 144 g/mol. The zero-order valence-corrected chi connectivity index (χ0v) is 7.09. The molecule has 2 amide bonds. The molecule has 0 bridgehead atoms. The zero-order chi connectivity index (χ0) is 8.85. The fraction of sp³-hybridized carbons (Fsp3) is 0.667. The van der Waals surface area contributed by atoms with Crippen LogP contribution < -0.4 is 11.2 Å². The minimum atomic E-state index is -0.636. The molecule has 64 valence electrons. The van der Waals surface area contributed by atoms with Crippen LogP contribution in [-0.2, 0) is 0 Å². The smallest absolute Gasteiger partial charge is 0.332 e. The van der Waals surface area contributed by atoms with Gasteiger partial charge in [0.2, 0.25) is 0 Å². The fourth-order valence-corrected chi connectivity index (χ4v) is 0.644. The molecule has 0 rings (SSSR count). The van der Waals surface area contributed by atoms with Crippen LogP contribution in [0.3, 0.4) is 0 Å². The average molecular weight is 158 g/mol. The minimum absolute atomic E-state index is 0.636. The van der Waals surface area contributed by atoms with Gasteiger partial charge in [-0.3, -0.25) is 0 Å². The van der Waals surface area contributed by atoms with Gasteiger partial charge in [-0.25, -0.2) is 10.2 Å². The van der Waals surface area contributed by atoms with Gasteiger partial charge in [0.05, 0.1) is 0 Å². The first kappa shape index (κ1) is 9.90. The Kier molecular flexibility index (Phi) is 4.21. The van der Waals surface area contributed by atoms with E-state index in [2.05, 4.69) is 10.5 Å². The second-order valence-electron chi connectivity index (χ2n) is 2.56. The highest BCUT2D eigenvalue weighted by Gasteiger charge is 1.93. The number of hydrazone groups is 1. The van der Waals surface area contributed by atoms with Crippen molar-refractivity contribution in [1.29, 1.82) is 0 Å². The summed E-state index contributed by atoms with van der Waals surface area (Å²) < 4.78 is 0. The number of primary amides is 1. The van der Waals surface area contributed by atoms with Crippen LogP contribution in [0.15, 0.2) is 5.10 Å². The van der Waals surface area contributed by atoms with Crippen molar-refractivity contribution in [1.82, 2.24) is 10.3 Å². The van der Waals surface area contributed by atoms with Gasteiger partial charge >= 0.3 is 6.03 Å². The molecule has 0 radical (unpaired) electrons. The van der Waals surface area contributed by atoms with Crippen LogP contribution in [0.2, 0.25) is 0 Å². The average Bonchev–Trinajstić information content (AvgIpc) is 1.82. The van der Waals surface area contributed by atoms with E-state index >= 15 is 0 Å². The van der Waals surface area contributed by atoms with Crippen LogP contribution in [0.5, 0.6) is 0 Å². The van der Waals surface area contributed by atoms with E-state index in [1.54, 1.807) is 0 Å². The maximum Gasteiger partial charge on any atom is 0.332 e. The number of carbonyl (C=O) groups is 1. The highest BCUT2D eigenvalue weighted by atomic mass is 16.2. The van der Waals surface area contributed by atoms with Crippen LogP contribution in [0, 0.1) is 0 Å². The lowest BCUT2D eigenvalue weighted by Gasteiger charge is -2.07. The van der Waals surface area contributed by atoms with Gasteiger partial charge in [0.25, 0.3) is 0 Å². The van der Waals surface area contributed by atoms with E-state index in [0.717, 1.165) is 5.71 Å². The van der Waals surface area contributed by atoms with Gasteiger partial charge in [0.1, 0.15) is 0 Å². The second kappa shape index (κ2) is 4.68. The lowest BCUT2D eigenvalue weighted by molar-refractivity contribution is 0.249. The molecule has 0 aromatic rings. The molecule has 5 nitrogen and oxygen atoms in total. The van der Waals surface area contributed by atoms with Crippen LogP contribution in [-0.4, -0.2) is 37.3 Å². The molecule has 0 aliphatic rings. The normalized spacial score (nSPS) is 11.8. The summed E-state index contributed by atoms with van der Waals surface area (Å²) in [5.41, 5.74) is 7.77. The first-order valence-electron chi connectivity index (χ1n) is 3.25. The molecule has 0 spiro atoms. The van der Waals surface area contributed by atoms with Crippen LogP contribution in [0.4, 0.5) is 4.79 Å². The number of hydrogen-bond donors (Lipinski definition) is 2. The molecule has 0 fully saturated rings. The quantitative estimate of drug-likeness (QED) is 0.433. The largest absolute Gasteiger partial charge is 0.350 e. The first-order valence-corrected chi connectivity index (χ1v) is 3.25. The molecule has 5 heteroatoms. The van der Waals surface area contributed by atoms with E-state index in [4.69, 9.17) is 5.73 Å². The molecule has 0 saturated carbocycles. The molecule has 3 N–H and O–H groups in total. The van der Waals surface area contributed by atoms with E-state index in [1.807, 2.05) is 25.9 Å². The van der Waals surface area contributed by atoms with E-state index in [-0.39, 0.29) is 0 Å². The van der Waals surface area contributed by atoms with E-state index in [0.29, 0.717) is 6.54 Å². The second-order valence-corrected chi connectivity index (χ2v) is 2.56. The molecule has 11 heavy (non-hydrogen) atoms. The number of rotatable bonds is 3. The number of carbonyl (C=O) groups excluding carboxylic acids is 1. The number of nitrogens with zero attached hydrogens (tertiary/aromatic N) is 2. The molecule has 0 aliphatic heterocycles. The third kappa shape index (κ3) is 6.79. The number of urea groups is 1. The van der Waals surface area contributed by atoms with Crippen molar-refractivity contribution in [3.63, 3.8) is 0 Å². The van der Waals surface area contributed by atoms with Crippen LogP contribution in [0.25, 0.3) is 0 Å². The van der Waals surface area contributed by atoms with E-state index in [9.17, 15) is 4.79 Å². The lowest BCUT2D eigenvalue weighted by Crippen LogP contribution is -2.28. The molecule has 0 aromatic carbocycles. The maximum absolute atomic E-state index is 10.2. The van der Waals surface area contributed by atoms with Gasteiger partial charge < -0.3 is 10.6 Å². The van der Waals surface area contributed by atoms with Gasteiger partial charge in [-0.15, -0.1) is 0 Å². The van der Waals surface area contributed by atoms with Gasteiger partial charge in [-0.1, -0.05) is 0 Å². The number of nitrogens with one attached hydrogen (secondary N) is 1. The van der Waals surface area contributed by atoms with Crippen molar-refractivity contribution in [2.24, 2.45) is 10.8 Å². The molecule has 0 atom stereocenters. The third-order valence-corrected chi connectivity index (χ3v) is 0.902. The van der Waals surface area contributed by atoms with E-state index < -0.39 is 6.03 Å². The predicted molar refractivity (Wildman–Crippen MR) is 44.4 cm³/mol. The zero-order valence-electron chi connectivity index (χ0n) is 7.09. The summed E-state index contributed by atoms with van der Waals surface area (Å²) in [6.45, 7) is 2.52. The Morgan fingerprint density at radius 1 is 1.64 bits per heavy atom. The highest BCUT2D eigenvalue weighted by molar-refractivity contribution is 5.85. The van der Waals surface area contributed by atoms with Crippen LogP contribution >= 0.6 is 0 Å². The van der Waals surface area contributed by atoms with Gasteiger partial charge in [0, 0.05) is 12.3 Å². The third-order valence-electron chi connectivity index (χ3n) is 0.902. The Balaban J connectivity index is 3.72. The number of hydrogen-bond acceptors (Lipinski definition) is 3. The van der Waals surface area contributed by atoms with Crippen molar-refractivity contribution in [2.75, 3.05) is 20.6 Å². The van der Waals surface area contributed by atoms with Crippen molar-refractivity contribution in [2.45, 2.75) is 6.92 Å². The summed E-state index contributed by atoms with van der Waals surface area (Å²) in [7, 11) is 3.84. The summed E-state index contributed by atoms with van der Waals surface area (Å²) in [5, 5.41) is 3.71. The lowest BCUT2D eigenvalue weighted by atomic mass is 10.4. The topological polar surface area (TPSA) is 70.7 Å². The fourth-order valence-electron chi connectivity index (χ4n) is 0.644. The van der Waals surface area contributed by atoms with Gasteiger partial charge in [-0.2, -0.15) is 5.10 Å². The molecule has 0 saturated heterocycles. The summed E-state index contributed by atoms with van der Waals surface area (Å²) in [5.74, 6) is 0. The molecular formula is C6H14N4O. The van der Waals surface area contributed by atoms with Crippen molar-refractivity contribution in [3.05, 3.63) is 0 Å². The summed E-state index contributed by atoms with van der Waals surface area (Å²) in [6, 6.07) is -0.636. The Morgan fingerprint density at radius 2 is 2.18 bits per heavy atom. The number of nitrogens with two attached hydrogens (primary N) is 1. The molecule has 0 aliphatic carbocycles. The molecule has 0 aromatic heterocycles. The maximum atomic E-state index is 10.2. The Bertz CT molecular complexity index is 164. The summed E-state index contributed by atoms with van der Waals surface area (Å²) >= 11 is 0. The SMILES string of the molecule is C/C(CN(C)C)=N\NC(N)=O.